The Morgan fingerprint density at radius 2 is 2.00 bits per heavy atom. The van der Waals surface area contributed by atoms with Crippen molar-refractivity contribution in [2.75, 3.05) is 6.54 Å². The molecule has 0 aromatic heterocycles. The van der Waals surface area contributed by atoms with Gasteiger partial charge in [0.05, 0.1) is 12.5 Å². The molecule has 2 amide bonds. The first-order valence-corrected chi connectivity index (χ1v) is 5.53. The molecule has 96 valence electrons. The van der Waals surface area contributed by atoms with Crippen LogP contribution in [0.1, 0.15) is 25.7 Å². The van der Waals surface area contributed by atoms with Gasteiger partial charge in [-0.1, -0.05) is 0 Å². The van der Waals surface area contributed by atoms with Crippen molar-refractivity contribution in [3.8, 4) is 0 Å². The highest BCUT2D eigenvalue weighted by atomic mass is 16.4. The van der Waals surface area contributed by atoms with Crippen molar-refractivity contribution in [3.05, 3.63) is 0 Å². The summed E-state index contributed by atoms with van der Waals surface area (Å²) >= 11 is 0. The van der Waals surface area contributed by atoms with Crippen LogP contribution < -0.4 is 16.4 Å². The fourth-order valence-electron chi connectivity index (χ4n) is 1.24. The molecule has 1 atom stereocenters. The molecule has 1 saturated carbocycles. The molecule has 1 unspecified atom stereocenters. The highest BCUT2D eigenvalue weighted by molar-refractivity contribution is 5.86. The summed E-state index contributed by atoms with van der Waals surface area (Å²) in [5, 5.41) is 13.6. The largest absolute Gasteiger partial charge is 0.481 e. The number of rotatable bonds is 7. The summed E-state index contributed by atoms with van der Waals surface area (Å²) in [6, 6.07) is -0.772. The molecule has 0 spiro atoms. The van der Waals surface area contributed by atoms with Crippen molar-refractivity contribution in [1.82, 2.24) is 10.6 Å². The number of hydrogen-bond donors (Lipinski definition) is 4. The van der Waals surface area contributed by atoms with E-state index in [0.29, 0.717) is 6.04 Å². The highest BCUT2D eigenvalue weighted by Crippen LogP contribution is 2.18. The lowest BCUT2D eigenvalue weighted by atomic mass is 10.2. The Balaban J connectivity index is 2.09. The van der Waals surface area contributed by atoms with Crippen LogP contribution in [0.3, 0.4) is 0 Å². The van der Waals surface area contributed by atoms with Crippen molar-refractivity contribution in [3.63, 3.8) is 0 Å². The molecular formula is C10H17N3O4. The van der Waals surface area contributed by atoms with E-state index in [2.05, 4.69) is 10.6 Å². The SMILES string of the molecule is NC(CC(=O)O)C(=O)NCCC(=O)NC1CC1. The molecule has 1 aliphatic rings. The molecule has 0 bridgehead atoms. The van der Waals surface area contributed by atoms with Crippen LogP contribution in [-0.4, -0.2) is 41.5 Å². The molecule has 17 heavy (non-hydrogen) atoms. The molecule has 1 aliphatic carbocycles. The molecule has 0 heterocycles. The maximum Gasteiger partial charge on any atom is 0.305 e. The monoisotopic (exact) mass is 243 g/mol. The zero-order valence-corrected chi connectivity index (χ0v) is 9.44. The van der Waals surface area contributed by atoms with Crippen LogP contribution in [0.4, 0.5) is 0 Å². The van der Waals surface area contributed by atoms with E-state index in [4.69, 9.17) is 10.8 Å². The molecule has 0 radical (unpaired) electrons. The molecule has 5 N–H and O–H groups in total. The van der Waals surface area contributed by atoms with Gasteiger partial charge in [0.25, 0.3) is 0 Å². The minimum Gasteiger partial charge on any atom is -0.481 e. The van der Waals surface area contributed by atoms with Gasteiger partial charge in [-0.05, 0) is 12.8 Å². The molecule has 7 nitrogen and oxygen atoms in total. The van der Waals surface area contributed by atoms with Crippen LogP contribution in [0.15, 0.2) is 0 Å². The molecular weight excluding hydrogens is 226 g/mol. The van der Waals surface area contributed by atoms with Gasteiger partial charge in [0.2, 0.25) is 11.8 Å². The lowest BCUT2D eigenvalue weighted by molar-refractivity contribution is -0.139. The number of carboxylic acid groups (broad SMARTS) is 1. The maximum atomic E-state index is 11.3. The van der Waals surface area contributed by atoms with Gasteiger partial charge in [-0.2, -0.15) is 0 Å². The number of carboxylic acids is 1. The summed E-state index contributed by atoms with van der Waals surface area (Å²) < 4.78 is 0. The minimum absolute atomic E-state index is 0.111. The summed E-state index contributed by atoms with van der Waals surface area (Å²) in [5.41, 5.74) is 5.33. The highest BCUT2D eigenvalue weighted by Gasteiger charge is 2.23. The molecule has 0 saturated heterocycles. The first-order chi connectivity index (χ1) is 7.99. The summed E-state index contributed by atoms with van der Waals surface area (Å²) in [5.74, 6) is -1.79. The lowest BCUT2D eigenvalue weighted by Crippen LogP contribution is -2.43. The quantitative estimate of drug-likeness (QED) is 0.437. The van der Waals surface area contributed by atoms with Crippen molar-refractivity contribution in [2.24, 2.45) is 5.73 Å². The summed E-state index contributed by atoms with van der Waals surface area (Å²) in [6.07, 6.45) is 1.80. The number of carbonyl (C=O) groups is 3. The van der Waals surface area contributed by atoms with E-state index in [1.165, 1.54) is 0 Å². The number of nitrogens with one attached hydrogen (secondary N) is 2. The Morgan fingerprint density at radius 1 is 1.35 bits per heavy atom. The standard InChI is InChI=1S/C10H17N3O4/c11-7(5-9(15)16)10(17)12-4-3-8(14)13-6-1-2-6/h6-7H,1-5,11H2,(H,12,17)(H,13,14)(H,15,16). The van der Waals surface area contributed by atoms with Crippen molar-refractivity contribution in [2.45, 2.75) is 37.8 Å². The molecule has 7 heteroatoms. The predicted molar refractivity (Wildman–Crippen MR) is 59.0 cm³/mol. The Morgan fingerprint density at radius 3 is 2.53 bits per heavy atom. The van der Waals surface area contributed by atoms with E-state index in [1.54, 1.807) is 0 Å². The molecule has 0 aliphatic heterocycles. The van der Waals surface area contributed by atoms with Gasteiger partial charge in [0.1, 0.15) is 0 Å². The van der Waals surface area contributed by atoms with Gasteiger partial charge in [-0.15, -0.1) is 0 Å². The lowest BCUT2D eigenvalue weighted by Gasteiger charge is -2.10. The average Bonchev–Trinajstić information content (AvgIpc) is 3.00. The molecule has 1 fully saturated rings. The number of nitrogens with two attached hydrogens (primary N) is 1. The fraction of sp³-hybridized carbons (Fsp3) is 0.700. The molecule has 0 aromatic carbocycles. The van der Waals surface area contributed by atoms with Gasteiger partial charge in [-0.3, -0.25) is 14.4 Å². The molecule has 1 rings (SSSR count). The number of amides is 2. The third-order valence-electron chi connectivity index (χ3n) is 2.33. The maximum absolute atomic E-state index is 11.3. The molecule has 0 aromatic rings. The van der Waals surface area contributed by atoms with Gasteiger partial charge in [0.15, 0.2) is 0 Å². The zero-order valence-electron chi connectivity index (χ0n) is 9.44. The topological polar surface area (TPSA) is 122 Å². The van der Waals surface area contributed by atoms with Crippen molar-refractivity contribution < 1.29 is 19.5 Å². The first kappa shape index (κ1) is 13.4. The van der Waals surface area contributed by atoms with E-state index in [1.807, 2.05) is 0 Å². The predicted octanol–water partition coefficient (Wildman–Crippen LogP) is -1.43. The van der Waals surface area contributed by atoms with Crippen LogP contribution in [0.5, 0.6) is 0 Å². The van der Waals surface area contributed by atoms with Crippen LogP contribution in [0.25, 0.3) is 0 Å². The normalized spacial score (nSPS) is 16.1. The second-order valence-electron chi connectivity index (χ2n) is 4.09. The summed E-state index contributed by atoms with van der Waals surface area (Å²) in [4.78, 5) is 32.8. The minimum atomic E-state index is -1.13. The Kier molecular flexibility index (Phi) is 4.89. The third-order valence-corrected chi connectivity index (χ3v) is 2.33. The third kappa shape index (κ3) is 5.86. The van der Waals surface area contributed by atoms with E-state index in [-0.39, 0.29) is 18.9 Å². The number of carbonyl (C=O) groups excluding carboxylic acids is 2. The van der Waals surface area contributed by atoms with Crippen LogP contribution >= 0.6 is 0 Å². The van der Waals surface area contributed by atoms with Crippen LogP contribution in [-0.2, 0) is 14.4 Å². The second kappa shape index (κ2) is 6.19. The summed E-state index contributed by atoms with van der Waals surface area (Å²) in [7, 11) is 0. The van der Waals surface area contributed by atoms with Crippen molar-refractivity contribution in [1.29, 1.82) is 0 Å². The van der Waals surface area contributed by atoms with Gasteiger partial charge in [0, 0.05) is 19.0 Å². The van der Waals surface area contributed by atoms with Gasteiger partial charge < -0.3 is 21.5 Å². The van der Waals surface area contributed by atoms with Gasteiger partial charge >= 0.3 is 5.97 Å². The van der Waals surface area contributed by atoms with Crippen LogP contribution in [0.2, 0.25) is 0 Å². The van der Waals surface area contributed by atoms with E-state index < -0.39 is 24.3 Å². The first-order valence-electron chi connectivity index (χ1n) is 5.53. The number of hydrogen-bond acceptors (Lipinski definition) is 4. The van der Waals surface area contributed by atoms with E-state index in [9.17, 15) is 14.4 Å². The Labute approximate surface area is 98.7 Å². The fourth-order valence-corrected chi connectivity index (χ4v) is 1.24. The zero-order chi connectivity index (χ0) is 12.8. The second-order valence-corrected chi connectivity index (χ2v) is 4.09. The van der Waals surface area contributed by atoms with Gasteiger partial charge in [-0.25, -0.2) is 0 Å². The smallest absolute Gasteiger partial charge is 0.305 e. The Hall–Kier alpha value is -1.63. The number of aliphatic carboxylic acids is 1. The van der Waals surface area contributed by atoms with Crippen molar-refractivity contribution >= 4 is 17.8 Å². The van der Waals surface area contributed by atoms with E-state index >= 15 is 0 Å². The summed E-state index contributed by atoms with van der Waals surface area (Å²) in [6.45, 7) is 0.171. The van der Waals surface area contributed by atoms with Crippen LogP contribution in [0, 0.1) is 0 Å². The average molecular weight is 243 g/mol. The Bertz CT molecular complexity index is 315. The van der Waals surface area contributed by atoms with E-state index in [0.717, 1.165) is 12.8 Å².